The van der Waals surface area contributed by atoms with Crippen LogP contribution in [-0.4, -0.2) is 28.2 Å². The number of Topliss-reactive ketones (excluding diaryl/α,β-unsaturated/α-hetero) is 1. The van der Waals surface area contributed by atoms with Gasteiger partial charge >= 0.3 is 5.69 Å². The zero-order valence-electron chi connectivity index (χ0n) is 14.2. The molecule has 3 heterocycles. The fourth-order valence-electron chi connectivity index (χ4n) is 2.89. The molecule has 2 atom stereocenters. The van der Waals surface area contributed by atoms with Crippen molar-refractivity contribution in [2.75, 3.05) is 6.61 Å². The molecule has 27 heavy (non-hydrogen) atoms. The first-order chi connectivity index (χ1) is 13.1. The van der Waals surface area contributed by atoms with E-state index < -0.39 is 23.8 Å². The van der Waals surface area contributed by atoms with Crippen LogP contribution in [0.25, 0.3) is 10.4 Å². The second-order valence-corrected chi connectivity index (χ2v) is 7.02. The molecule has 1 saturated heterocycles. The Balaban J connectivity index is 1.54. The summed E-state index contributed by atoms with van der Waals surface area (Å²) in [7, 11) is 0. The predicted molar refractivity (Wildman–Crippen MR) is 99.7 cm³/mol. The first-order valence-electron chi connectivity index (χ1n) is 8.35. The topological polar surface area (TPSA) is 90.4 Å². The average molecular weight is 384 g/mol. The van der Waals surface area contributed by atoms with Gasteiger partial charge in [-0.05, 0) is 17.0 Å². The maximum absolute atomic E-state index is 12.4. The lowest BCUT2D eigenvalue weighted by molar-refractivity contribution is -0.148. The number of nitrogens with zero attached hydrogens (tertiary/aromatic N) is 1. The number of hydrogen-bond donors (Lipinski definition) is 1. The number of carbonyl (C=O) groups is 1. The Morgan fingerprint density at radius 3 is 2.74 bits per heavy atom. The Morgan fingerprint density at radius 1 is 1.19 bits per heavy atom. The van der Waals surface area contributed by atoms with Gasteiger partial charge in [0.2, 0.25) is 6.29 Å². The smallest absolute Gasteiger partial charge is 0.330 e. The van der Waals surface area contributed by atoms with E-state index >= 15 is 0 Å². The molecule has 8 heteroatoms. The van der Waals surface area contributed by atoms with E-state index in [1.165, 1.54) is 22.1 Å². The molecular weight excluding hydrogens is 368 g/mol. The molecule has 2 aromatic heterocycles. The summed E-state index contributed by atoms with van der Waals surface area (Å²) in [5.41, 5.74) is 0.158. The number of aromatic amines is 1. The van der Waals surface area contributed by atoms with Crippen molar-refractivity contribution >= 4 is 17.1 Å². The number of nitrogens with one attached hydrogen (secondary N) is 1. The predicted octanol–water partition coefficient (Wildman–Crippen LogP) is 1.95. The molecule has 138 valence electrons. The molecule has 0 saturated carbocycles. The van der Waals surface area contributed by atoms with Gasteiger partial charge in [-0.15, -0.1) is 11.3 Å². The van der Waals surface area contributed by atoms with Crippen molar-refractivity contribution < 1.29 is 14.3 Å². The van der Waals surface area contributed by atoms with Crippen LogP contribution in [0.3, 0.4) is 0 Å². The lowest BCUT2D eigenvalue weighted by Crippen LogP contribution is -2.34. The van der Waals surface area contributed by atoms with Crippen molar-refractivity contribution in [1.29, 1.82) is 0 Å². The molecule has 1 aliphatic heterocycles. The van der Waals surface area contributed by atoms with Crippen molar-refractivity contribution in [3.05, 3.63) is 80.4 Å². The molecule has 0 radical (unpaired) electrons. The first-order valence-corrected chi connectivity index (χ1v) is 9.23. The van der Waals surface area contributed by atoms with Crippen LogP contribution in [0.4, 0.5) is 0 Å². The lowest BCUT2D eigenvalue weighted by Gasteiger charge is -2.13. The number of hydrogen-bond acceptors (Lipinski definition) is 6. The number of carbonyl (C=O) groups excluding carboxylic acids is 1. The van der Waals surface area contributed by atoms with Gasteiger partial charge in [0.25, 0.3) is 5.56 Å². The van der Waals surface area contributed by atoms with Crippen molar-refractivity contribution in [1.82, 2.24) is 9.55 Å². The summed E-state index contributed by atoms with van der Waals surface area (Å²) in [6, 6.07) is 12.9. The number of thiophene rings is 1. The Hall–Kier alpha value is -2.81. The standard InChI is InChI=1S/C19H16N2O5S/c22-14(9-12-5-2-1-3-6-12)18-25-11-16(26-18)21-10-13(15-7-4-8-27-15)17(23)20-19(21)24/h1-8,10,16,18H,9,11H2,(H,20,23,24)/t16-,18-/m0/s1. The van der Waals surface area contributed by atoms with E-state index in [-0.39, 0.29) is 18.8 Å². The van der Waals surface area contributed by atoms with Crippen LogP contribution in [0.2, 0.25) is 0 Å². The number of ether oxygens (including phenoxy) is 2. The minimum Gasteiger partial charge on any atom is -0.341 e. The van der Waals surface area contributed by atoms with E-state index in [4.69, 9.17) is 9.47 Å². The summed E-state index contributed by atoms with van der Waals surface area (Å²) < 4.78 is 12.4. The van der Waals surface area contributed by atoms with Crippen LogP contribution < -0.4 is 11.2 Å². The molecule has 0 bridgehead atoms. The molecule has 0 unspecified atom stereocenters. The number of benzene rings is 1. The molecule has 7 nitrogen and oxygen atoms in total. The SMILES string of the molecule is O=C(Cc1ccccc1)[C@H]1OC[C@@H](n2cc(-c3cccs3)c(=O)[nH]c2=O)O1. The zero-order chi connectivity index (χ0) is 18.8. The fourth-order valence-corrected chi connectivity index (χ4v) is 3.63. The van der Waals surface area contributed by atoms with Gasteiger partial charge in [-0.2, -0.15) is 0 Å². The van der Waals surface area contributed by atoms with Gasteiger partial charge in [0.05, 0.1) is 12.2 Å². The molecular formula is C19H16N2O5S. The molecule has 1 aromatic carbocycles. The Morgan fingerprint density at radius 2 is 2.00 bits per heavy atom. The van der Waals surface area contributed by atoms with Gasteiger partial charge in [-0.3, -0.25) is 19.1 Å². The minimum atomic E-state index is -1.04. The highest BCUT2D eigenvalue weighted by atomic mass is 32.1. The third-order valence-electron chi connectivity index (χ3n) is 4.22. The Bertz CT molecular complexity index is 1060. The minimum absolute atomic E-state index is 0.0427. The summed E-state index contributed by atoms with van der Waals surface area (Å²) >= 11 is 1.39. The Labute approximate surface area is 157 Å². The summed E-state index contributed by atoms with van der Waals surface area (Å²) in [4.78, 5) is 39.7. The van der Waals surface area contributed by atoms with E-state index in [9.17, 15) is 14.4 Å². The van der Waals surface area contributed by atoms with Crippen molar-refractivity contribution in [3.63, 3.8) is 0 Å². The van der Waals surface area contributed by atoms with Crippen LogP contribution in [0.15, 0.2) is 63.6 Å². The number of ketones is 1. The van der Waals surface area contributed by atoms with E-state index in [1.807, 2.05) is 41.8 Å². The van der Waals surface area contributed by atoms with Gasteiger partial charge in [0, 0.05) is 17.5 Å². The van der Waals surface area contributed by atoms with Crippen molar-refractivity contribution in [2.45, 2.75) is 18.9 Å². The largest absolute Gasteiger partial charge is 0.341 e. The number of aromatic nitrogens is 2. The van der Waals surface area contributed by atoms with E-state index in [0.29, 0.717) is 5.56 Å². The third kappa shape index (κ3) is 3.68. The molecule has 1 N–H and O–H groups in total. The summed E-state index contributed by atoms with van der Waals surface area (Å²) in [5, 5.41) is 1.84. The second-order valence-electron chi connectivity index (χ2n) is 6.07. The Kier molecular flexibility index (Phi) is 4.85. The third-order valence-corrected chi connectivity index (χ3v) is 5.12. The average Bonchev–Trinajstić information content (AvgIpc) is 3.35. The molecule has 1 fully saturated rings. The van der Waals surface area contributed by atoms with Crippen LogP contribution >= 0.6 is 11.3 Å². The van der Waals surface area contributed by atoms with Gasteiger partial charge in [0.1, 0.15) is 0 Å². The molecule has 0 spiro atoms. The van der Waals surface area contributed by atoms with E-state index in [2.05, 4.69) is 4.98 Å². The fraction of sp³-hybridized carbons (Fsp3) is 0.211. The summed E-state index contributed by atoms with van der Waals surface area (Å²) in [6.45, 7) is 0.0427. The van der Waals surface area contributed by atoms with Gasteiger partial charge in [-0.25, -0.2) is 4.79 Å². The normalized spacial score (nSPS) is 19.3. The molecule has 4 rings (SSSR count). The first kappa shape index (κ1) is 17.6. The highest BCUT2D eigenvalue weighted by molar-refractivity contribution is 7.13. The van der Waals surface area contributed by atoms with Gasteiger partial charge in [-0.1, -0.05) is 36.4 Å². The van der Waals surface area contributed by atoms with Crippen molar-refractivity contribution in [3.8, 4) is 10.4 Å². The highest BCUT2D eigenvalue weighted by Crippen LogP contribution is 2.24. The molecule has 3 aromatic rings. The summed E-state index contributed by atoms with van der Waals surface area (Å²) in [6.07, 6.45) is -0.193. The molecule has 0 aliphatic carbocycles. The van der Waals surface area contributed by atoms with E-state index in [1.54, 1.807) is 6.07 Å². The molecule has 1 aliphatic rings. The van der Waals surface area contributed by atoms with Gasteiger partial charge < -0.3 is 9.47 Å². The van der Waals surface area contributed by atoms with Crippen LogP contribution in [0.1, 0.15) is 11.8 Å². The number of rotatable bonds is 5. The highest BCUT2D eigenvalue weighted by Gasteiger charge is 2.33. The van der Waals surface area contributed by atoms with E-state index in [0.717, 1.165) is 10.4 Å². The maximum atomic E-state index is 12.4. The van der Waals surface area contributed by atoms with Crippen LogP contribution in [0.5, 0.6) is 0 Å². The monoisotopic (exact) mass is 384 g/mol. The lowest BCUT2D eigenvalue weighted by atomic mass is 10.1. The quantitative estimate of drug-likeness (QED) is 0.726. The van der Waals surface area contributed by atoms with Crippen LogP contribution in [-0.2, 0) is 20.7 Å². The second kappa shape index (κ2) is 7.43. The molecule has 0 amide bonds. The zero-order valence-corrected chi connectivity index (χ0v) is 15.0. The number of H-pyrrole nitrogens is 1. The van der Waals surface area contributed by atoms with Gasteiger partial charge in [0.15, 0.2) is 12.0 Å². The maximum Gasteiger partial charge on any atom is 0.330 e. The summed E-state index contributed by atoms with van der Waals surface area (Å²) in [5.74, 6) is -0.223. The van der Waals surface area contributed by atoms with Crippen molar-refractivity contribution in [2.24, 2.45) is 0 Å². The van der Waals surface area contributed by atoms with Crippen LogP contribution in [0, 0.1) is 0 Å².